The number of hydrogen-bond donors (Lipinski definition) is 2. The Balaban J connectivity index is 0.00000420. The molecule has 214 valence electrons. The summed E-state index contributed by atoms with van der Waals surface area (Å²) < 4.78 is 5.84. The Hall–Kier alpha value is -0.370. The van der Waals surface area contributed by atoms with Gasteiger partial charge in [0.2, 0.25) is 0 Å². The molecule has 0 aromatic rings. The SMILES string of the molecule is CC(=O)O[C@H]1C[C@@]2(C)[C@H](C[C@@H](O)C3[C@@]4(C)CC[C@@H](O)[C@@H](C)C4CC[C@@]32C)C1=C(CCC(Cl)=C(C)C)C(=O)[O-].[Na+]. The maximum Gasteiger partial charge on any atom is 1.00 e. The molecule has 4 saturated carbocycles. The molecule has 0 spiro atoms. The molecule has 0 amide bonds. The number of hydrogen-bond acceptors (Lipinski definition) is 6. The average Bonchev–Trinajstić information content (AvgIpc) is 3.08. The summed E-state index contributed by atoms with van der Waals surface area (Å²) in [7, 11) is 0. The molecule has 0 aromatic heterocycles. The summed E-state index contributed by atoms with van der Waals surface area (Å²) in [6, 6.07) is 0. The fourth-order valence-corrected chi connectivity index (χ4v) is 9.85. The molecule has 2 N–H and O–H groups in total. The van der Waals surface area contributed by atoms with E-state index < -0.39 is 24.1 Å². The van der Waals surface area contributed by atoms with Crippen LogP contribution in [0, 0.1) is 39.9 Å². The van der Waals surface area contributed by atoms with Gasteiger partial charge in [0.25, 0.3) is 0 Å². The van der Waals surface area contributed by atoms with Crippen molar-refractivity contribution in [2.45, 2.75) is 118 Å². The van der Waals surface area contributed by atoms with Crippen molar-refractivity contribution in [3.8, 4) is 0 Å². The number of carbonyl (C=O) groups is 2. The van der Waals surface area contributed by atoms with Gasteiger partial charge in [-0.3, -0.25) is 4.79 Å². The smallest absolute Gasteiger partial charge is 0.545 e. The van der Waals surface area contributed by atoms with Crippen molar-refractivity contribution in [1.82, 2.24) is 0 Å². The van der Waals surface area contributed by atoms with Crippen molar-refractivity contribution in [1.29, 1.82) is 0 Å². The standard InChI is InChI=1S/C31H47ClO6.Na/c1-16(2)22(32)9-8-19(28(36)37)26-21-14-24(35)27-29(5)12-11-23(34)17(3)20(29)10-13-30(27,6)31(21,7)15-25(26)38-18(4)33;/h17,20-21,23-25,27,34-35H,8-15H2,1-7H3,(H,36,37);/q;+1/p-1/t17-,20?,21+,23+,24+,25-,27?,29-,30-,31-;/m0./s1. The van der Waals surface area contributed by atoms with Gasteiger partial charge in [-0.15, -0.1) is 0 Å². The number of ether oxygens (including phenoxy) is 1. The van der Waals surface area contributed by atoms with E-state index in [9.17, 15) is 24.9 Å². The van der Waals surface area contributed by atoms with Gasteiger partial charge in [-0.25, -0.2) is 0 Å². The van der Waals surface area contributed by atoms with E-state index in [0.717, 1.165) is 31.3 Å². The number of aliphatic carboxylic acids is 1. The van der Waals surface area contributed by atoms with Gasteiger partial charge in [-0.2, -0.15) is 0 Å². The molecular formula is C31H46ClNaO6. The molecule has 10 atom stereocenters. The predicted molar refractivity (Wildman–Crippen MR) is 145 cm³/mol. The van der Waals surface area contributed by atoms with Crippen molar-refractivity contribution in [2.24, 2.45) is 39.9 Å². The van der Waals surface area contributed by atoms with Crippen LogP contribution in [-0.4, -0.2) is 40.5 Å². The molecule has 0 radical (unpaired) electrons. The van der Waals surface area contributed by atoms with E-state index in [1.54, 1.807) is 0 Å². The minimum absolute atomic E-state index is 0. The van der Waals surface area contributed by atoms with E-state index in [-0.39, 0.29) is 81.7 Å². The van der Waals surface area contributed by atoms with E-state index in [1.165, 1.54) is 6.92 Å². The third-order valence-electron chi connectivity index (χ3n) is 11.7. The Labute approximate surface area is 261 Å². The molecule has 8 heteroatoms. The van der Waals surface area contributed by atoms with Crippen LogP contribution in [0.5, 0.6) is 0 Å². The first-order valence-corrected chi connectivity index (χ1v) is 14.8. The van der Waals surface area contributed by atoms with Gasteiger partial charge in [0.1, 0.15) is 6.10 Å². The molecule has 0 aliphatic heterocycles. The molecule has 0 heterocycles. The second-order valence-corrected chi connectivity index (χ2v) is 14.2. The van der Waals surface area contributed by atoms with Crippen LogP contribution >= 0.6 is 11.6 Å². The third kappa shape index (κ3) is 5.33. The summed E-state index contributed by atoms with van der Waals surface area (Å²) in [6.07, 6.45) is 3.35. The van der Waals surface area contributed by atoms with E-state index in [4.69, 9.17) is 16.3 Å². The summed E-state index contributed by atoms with van der Waals surface area (Å²) in [5.74, 6) is -1.44. The van der Waals surface area contributed by atoms with Gasteiger partial charge in [-0.1, -0.05) is 44.9 Å². The topological polar surface area (TPSA) is 107 Å². The minimum Gasteiger partial charge on any atom is -0.545 e. The Morgan fingerprint density at radius 2 is 1.67 bits per heavy atom. The van der Waals surface area contributed by atoms with Crippen LogP contribution in [0.2, 0.25) is 0 Å². The van der Waals surface area contributed by atoms with Crippen molar-refractivity contribution in [2.75, 3.05) is 0 Å². The number of aliphatic hydroxyl groups is 2. The summed E-state index contributed by atoms with van der Waals surface area (Å²) in [6.45, 7) is 14.1. The van der Waals surface area contributed by atoms with Gasteiger partial charge >= 0.3 is 35.5 Å². The molecule has 4 aliphatic rings. The van der Waals surface area contributed by atoms with E-state index in [1.807, 2.05) is 13.8 Å². The molecule has 0 aromatic carbocycles. The van der Waals surface area contributed by atoms with Crippen LogP contribution in [0.25, 0.3) is 0 Å². The van der Waals surface area contributed by atoms with Crippen LogP contribution < -0.4 is 34.7 Å². The number of allylic oxidation sites excluding steroid dienone is 2. The summed E-state index contributed by atoms with van der Waals surface area (Å²) in [5, 5.41) is 35.7. The van der Waals surface area contributed by atoms with Crippen LogP contribution in [0.3, 0.4) is 0 Å². The number of carbonyl (C=O) groups excluding carboxylic acids is 2. The molecule has 2 unspecified atom stereocenters. The van der Waals surface area contributed by atoms with E-state index >= 15 is 0 Å². The first-order valence-electron chi connectivity index (χ1n) is 14.4. The zero-order valence-electron chi connectivity index (χ0n) is 25.1. The molecule has 0 saturated heterocycles. The van der Waals surface area contributed by atoms with Gasteiger partial charge in [-0.05, 0) is 116 Å². The zero-order chi connectivity index (χ0) is 28.4. The number of halogens is 1. The maximum absolute atomic E-state index is 12.6. The molecule has 0 bridgehead atoms. The van der Waals surface area contributed by atoms with Crippen LogP contribution in [0.4, 0.5) is 0 Å². The number of carboxylic acids is 1. The van der Waals surface area contributed by atoms with Crippen LogP contribution in [0.15, 0.2) is 21.8 Å². The predicted octanol–water partition coefficient (Wildman–Crippen LogP) is 1.90. The fourth-order valence-electron chi connectivity index (χ4n) is 9.76. The second kappa shape index (κ2) is 11.7. The minimum atomic E-state index is -1.26. The number of aliphatic hydroxyl groups excluding tert-OH is 2. The Bertz CT molecular complexity index is 1050. The molecule has 4 fully saturated rings. The molecule has 39 heavy (non-hydrogen) atoms. The van der Waals surface area contributed by atoms with Crippen molar-refractivity contribution < 1.29 is 59.2 Å². The number of carboxylic acid groups (broad SMARTS) is 1. The van der Waals surface area contributed by atoms with Crippen molar-refractivity contribution >= 4 is 23.5 Å². The monoisotopic (exact) mass is 572 g/mol. The maximum atomic E-state index is 12.6. The molecule has 4 aliphatic carbocycles. The normalized spacial score (nSPS) is 44.2. The van der Waals surface area contributed by atoms with Crippen LogP contribution in [-0.2, 0) is 14.3 Å². The Morgan fingerprint density at radius 1 is 1.03 bits per heavy atom. The number of esters is 1. The first-order chi connectivity index (χ1) is 17.6. The number of fused-ring (bicyclic) bond motifs is 5. The van der Waals surface area contributed by atoms with Gasteiger partial charge < -0.3 is 24.9 Å². The second-order valence-electron chi connectivity index (χ2n) is 13.7. The average molecular weight is 573 g/mol. The van der Waals surface area contributed by atoms with E-state index in [2.05, 4.69) is 27.7 Å². The summed E-state index contributed by atoms with van der Waals surface area (Å²) in [4.78, 5) is 24.8. The summed E-state index contributed by atoms with van der Waals surface area (Å²) in [5.41, 5.74) is 0.906. The van der Waals surface area contributed by atoms with Crippen molar-refractivity contribution in [3.63, 3.8) is 0 Å². The van der Waals surface area contributed by atoms with Crippen LogP contribution in [0.1, 0.15) is 99.8 Å². The van der Waals surface area contributed by atoms with Gasteiger partial charge in [0, 0.05) is 12.0 Å². The first kappa shape index (κ1) is 33.1. The molecule has 4 rings (SSSR count). The largest absolute Gasteiger partial charge is 1.00 e. The fraction of sp³-hybridized carbons (Fsp3) is 0.806. The quantitative estimate of drug-likeness (QED) is 0.296. The third-order valence-corrected chi connectivity index (χ3v) is 12.3. The number of rotatable bonds is 5. The Morgan fingerprint density at radius 3 is 2.23 bits per heavy atom. The van der Waals surface area contributed by atoms with E-state index in [0.29, 0.717) is 35.8 Å². The van der Waals surface area contributed by atoms with Gasteiger partial charge in [0.15, 0.2) is 0 Å². The molecule has 6 nitrogen and oxygen atoms in total. The van der Waals surface area contributed by atoms with Crippen molar-refractivity contribution in [3.05, 3.63) is 21.8 Å². The van der Waals surface area contributed by atoms with Gasteiger partial charge in [0.05, 0.1) is 18.2 Å². The Kier molecular flexibility index (Phi) is 9.96. The molecular weight excluding hydrogens is 527 g/mol. The summed E-state index contributed by atoms with van der Waals surface area (Å²) >= 11 is 6.40. The zero-order valence-corrected chi connectivity index (χ0v) is 27.9.